The lowest BCUT2D eigenvalue weighted by Gasteiger charge is -1.92. The number of thiophene rings is 1. The topological polar surface area (TPSA) is 37.3 Å². The fourth-order valence-electron chi connectivity index (χ4n) is 1.21. The van der Waals surface area contributed by atoms with Crippen molar-refractivity contribution in [2.45, 2.75) is 4.90 Å². The van der Waals surface area contributed by atoms with Gasteiger partial charge in [0, 0.05) is 18.6 Å². The van der Waals surface area contributed by atoms with E-state index in [9.17, 15) is 4.79 Å². The van der Waals surface area contributed by atoms with Crippen LogP contribution in [0.5, 0.6) is 0 Å². The Hall–Kier alpha value is -0.270. The Morgan fingerprint density at radius 3 is 2.79 bits per heavy atom. The Bertz CT molecular complexity index is 519. The lowest BCUT2D eigenvalue weighted by Crippen LogP contribution is -1.93. The number of benzene rings is 1. The number of rotatable bonds is 1. The summed E-state index contributed by atoms with van der Waals surface area (Å²) in [5.74, 6) is -0.872. The lowest BCUT2D eigenvalue weighted by molar-refractivity contribution is 0.0701. The molecular weight excluding hydrogens is 331 g/mol. The first-order valence-corrected chi connectivity index (χ1v) is 6.09. The summed E-state index contributed by atoms with van der Waals surface area (Å²) in [6.07, 6.45) is 0. The molecule has 0 unspecified atom stereocenters. The highest BCUT2D eigenvalue weighted by molar-refractivity contribution is 14.1. The highest BCUT2D eigenvalue weighted by Gasteiger charge is 2.16. The van der Waals surface area contributed by atoms with Crippen LogP contribution in [0.4, 0.5) is 0 Å². The van der Waals surface area contributed by atoms with Gasteiger partial charge >= 0.3 is 5.97 Å². The molecule has 14 heavy (non-hydrogen) atoms. The van der Waals surface area contributed by atoms with Gasteiger partial charge in [0.25, 0.3) is 0 Å². The van der Waals surface area contributed by atoms with E-state index in [1.165, 1.54) is 11.3 Å². The Labute approximate surface area is 103 Å². The van der Waals surface area contributed by atoms with Gasteiger partial charge < -0.3 is 5.11 Å². The van der Waals surface area contributed by atoms with Crippen molar-refractivity contribution in [3.05, 3.63) is 26.6 Å². The van der Waals surface area contributed by atoms with E-state index < -0.39 is 5.97 Å². The van der Waals surface area contributed by atoms with Crippen molar-refractivity contribution in [1.82, 2.24) is 0 Å². The molecule has 0 amide bonds. The standard InChI is InChI=1S/C9H5IO2S2/c10-6-4-2-1-3-5(13)7(4)14-8(6)9(11)12/h1-3,13H,(H,11,12). The molecule has 0 aliphatic heterocycles. The summed E-state index contributed by atoms with van der Waals surface area (Å²) in [6.45, 7) is 0. The SMILES string of the molecule is O=C(O)c1sc2c(S)cccc2c1I. The molecule has 0 aliphatic carbocycles. The number of carboxylic acids is 1. The van der Waals surface area contributed by atoms with E-state index >= 15 is 0 Å². The van der Waals surface area contributed by atoms with Gasteiger partial charge in [-0.2, -0.15) is 0 Å². The van der Waals surface area contributed by atoms with E-state index in [-0.39, 0.29) is 0 Å². The lowest BCUT2D eigenvalue weighted by atomic mass is 10.2. The monoisotopic (exact) mass is 336 g/mol. The third kappa shape index (κ3) is 1.53. The molecule has 0 saturated carbocycles. The van der Waals surface area contributed by atoms with Crippen LogP contribution in [0.3, 0.4) is 0 Å². The number of hydrogen-bond acceptors (Lipinski definition) is 3. The maximum Gasteiger partial charge on any atom is 0.347 e. The molecule has 1 heterocycles. The second-order valence-corrected chi connectivity index (χ2v) is 5.29. The van der Waals surface area contributed by atoms with Crippen molar-refractivity contribution in [1.29, 1.82) is 0 Å². The van der Waals surface area contributed by atoms with Crippen molar-refractivity contribution >= 4 is 62.6 Å². The number of hydrogen-bond donors (Lipinski definition) is 2. The zero-order chi connectivity index (χ0) is 10.3. The molecule has 2 nitrogen and oxygen atoms in total. The first-order chi connectivity index (χ1) is 6.61. The molecule has 2 rings (SSSR count). The molecule has 0 atom stereocenters. The summed E-state index contributed by atoms with van der Waals surface area (Å²) in [7, 11) is 0. The summed E-state index contributed by atoms with van der Waals surface area (Å²) in [6, 6.07) is 5.66. The average molecular weight is 336 g/mol. The molecule has 0 saturated heterocycles. The predicted molar refractivity (Wildman–Crippen MR) is 68.8 cm³/mol. The minimum Gasteiger partial charge on any atom is -0.477 e. The third-order valence-corrected chi connectivity index (χ3v) is 5.07. The van der Waals surface area contributed by atoms with E-state index in [1.54, 1.807) is 0 Å². The van der Waals surface area contributed by atoms with Crippen molar-refractivity contribution in [3.8, 4) is 0 Å². The van der Waals surface area contributed by atoms with Crippen molar-refractivity contribution in [3.63, 3.8) is 0 Å². The summed E-state index contributed by atoms with van der Waals surface area (Å²) in [5.41, 5.74) is 0. The molecule has 0 spiro atoms. The van der Waals surface area contributed by atoms with Crippen LogP contribution >= 0.6 is 46.6 Å². The minimum absolute atomic E-state index is 0.391. The summed E-state index contributed by atoms with van der Waals surface area (Å²) in [5, 5.41) is 9.91. The molecule has 72 valence electrons. The molecule has 0 aliphatic rings. The Morgan fingerprint density at radius 2 is 2.21 bits per heavy atom. The zero-order valence-electron chi connectivity index (χ0n) is 6.82. The smallest absolute Gasteiger partial charge is 0.347 e. The second-order valence-electron chi connectivity index (χ2n) is 2.70. The van der Waals surface area contributed by atoms with E-state index in [4.69, 9.17) is 5.11 Å². The fraction of sp³-hybridized carbons (Fsp3) is 0. The van der Waals surface area contributed by atoms with Gasteiger partial charge in [0.1, 0.15) is 4.88 Å². The molecule has 1 aromatic carbocycles. The number of fused-ring (bicyclic) bond motifs is 1. The second kappa shape index (κ2) is 3.71. The number of carboxylic acid groups (broad SMARTS) is 1. The minimum atomic E-state index is -0.872. The van der Waals surface area contributed by atoms with Crippen molar-refractivity contribution in [2.24, 2.45) is 0 Å². The van der Waals surface area contributed by atoms with Gasteiger partial charge in [0.2, 0.25) is 0 Å². The number of thiol groups is 1. The fourth-order valence-corrected chi connectivity index (χ4v) is 3.69. The Balaban J connectivity index is 2.86. The highest BCUT2D eigenvalue weighted by atomic mass is 127. The summed E-state index contributed by atoms with van der Waals surface area (Å²) in [4.78, 5) is 12.1. The highest BCUT2D eigenvalue weighted by Crippen LogP contribution is 2.35. The van der Waals surface area contributed by atoms with E-state index in [1.807, 2.05) is 18.2 Å². The molecule has 0 bridgehead atoms. The van der Waals surface area contributed by atoms with E-state index in [2.05, 4.69) is 35.2 Å². The molecule has 5 heteroatoms. The molecule has 2 aromatic rings. The van der Waals surface area contributed by atoms with Crippen LogP contribution in [0.1, 0.15) is 9.67 Å². The van der Waals surface area contributed by atoms with Crippen LogP contribution in [0, 0.1) is 3.57 Å². The van der Waals surface area contributed by atoms with Crippen LogP contribution in [0.15, 0.2) is 23.1 Å². The quantitative estimate of drug-likeness (QED) is 0.618. The van der Waals surface area contributed by atoms with Gasteiger partial charge in [0.15, 0.2) is 0 Å². The normalized spacial score (nSPS) is 10.7. The van der Waals surface area contributed by atoms with Gasteiger partial charge in [-0.25, -0.2) is 4.79 Å². The first-order valence-electron chi connectivity index (χ1n) is 3.74. The summed E-state index contributed by atoms with van der Waals surface area (Å²) < 4.78 is 1.74. The summed E-state index contributed by atoms with van der Waals surface area (Å²) >= 11 is 7.63. The largest absolute Gasteiger partial charge is 0.477 e. The predicted octanol–water partition coefficient (Wildman–Crippen LogP) is 3.49. The van der Waals surface area contributed by atoms with Crippen molar-refractivity contribution < 1.29 is 9.90 Å². The van der Waals surface area contributed by atoms with Crippen LogP contribution in [-0.4, -0.2) is 11.1 Å². The first kappa shape index (κ1) is 10.3. The van der Waals surface area contributed by atoms with Crippen molar-refractivity contribution in [2.75, 3.05) is 0 Å². The molecular formula is C9H5IO2S2. The van der Waals surface area contributed by atoms with Crippen LogP contribution in [-0.2, 0) is 0 Å². The number of halogens is 1. The Kier molecular flexibility index (Phi) is 2.72. The van der Waals surface area contributed by atoms with Gasteiger partial charge in [-0.3, -0.25) is 0 Å². The Morgan fingerprint density at radius 1 is 1.50 bits per heavy atom. The number of aromatic carboxylic acids is 1. The van der Waals surface area contributed by atoms with Gasteiger partial charge in [0.05, 0.1) is 0 Å². The van der Waals surface area contributed by atoms with Crippen LogP contribution in [0.2, 0.25) is 0 Å². The zero-order valence-corrected chi connectivity index (χ0v) is 10.7. The van der Waals surface area contributed by atoms with Crippen LogP contribution < -0.4 is 0 Å². The molecule has 1 aromatic heterocycles. The molecule has 1 N–H and O–H groups in total. The van der Waals surface area contributed by atoms with Gasteiger partial charge in [-0.1, -0.05) is 12.1 Å². The molecule has 0 fully saturated rings. The van der Waals surface area contributed by atoms with E-state index in [0.29, 0.717) is 4.88 Å². The van der Waals surface area contributed by atoms with Crippen LogP contribution in [0.25, 0.3) is 10.1 Å². The average Bonchev–Trinajstić information content (AvgIpc) is 2.46. The number of carbonyl (C=O) groups is 1. The maximum atomic E-state index is 10.9. The van der Waals surface area contributed by atoms with Gasteiger partial charge in [-0.05, 0) is 28.7 Å². The molecule has 0 radical (unpaired) electrons. The van der Waals surface area contributed by atoms with E-state index in [0.717, 1.165) is 18.6 Å². The maximum absolute atomic E-state index is 10.9. The third-order valence-electron chi connectivity index (χ3n) is 1.83. The van der Waals surface area contributed by atoms with Gasteiger partial charge in [-0.15, -0.1) is 24.0 Å².